The van der Waals surface area contributed by atoms with Gasteiger partial charge in [0.25, 0.3) is 0 Å². The topological polar surface area (TPSA) is 78.9 Å². The molecule has 0 saturated carbocycles. The molecule has 0 aliphatic carbocycles. The zero-order valence-electron chi connectivity index (χ0n) is 18.1. The van der Waals surface area contributed by atoms with E-state index in [0.29, 0.717) is 24.7 Å². The van der Waals surface area contributed by atoms with Gasteiger partial charge in [-0.2, -0.15) is 0 Å². The molecular weight excluding hydrogens is 386 g/mol. The van der Waals surface area contributed by atoms with Crippen LogP contribution in [0.3, 0.4) is 0 Å². The maximum absolute atomic E-state index is 5.94. The lowest BCUT2D eigenvalue weighted by molar-refractivity contribution is 0.306. The van der Waals surface area contributed by atoms with E-state index >= 15 is 0 Å². The fourth-order valence-corrected chi connectivity index (χ4v) is 3.28. The first kappa shape index (κ1) is 20.6. The van der Waals surface area contributed by atoms with Crippen LogP contribution in [0.5, 0.6) is 5.75 Å². The van der Waals surface area contributed by atoms with E-state index in [1.54, 1.807) is 10.9 Å². The van der Waals surface area contributed by atoms with Crippen molar-refractivity contribution in [2.24, 2.45) is 0 Å². The number of nitrogens with zero attached hydrogens (tertiary/aromatic N) is 4. The molecule has 0 bridgehead atoms. The van der Waals surface area contributed by atoms with Crippen LogP contribution in [0.2, 0.25) is 0 Å². The van der Waals surface area contributed by atoms with Crippen LogP contribution in [0.4, 0.5) is 5.82 Å². The minimum atomic E-state index is 0.157. The van der Waals surface area contributed by atoms with E-state index in [0.717, 1.165) is 22.4 Å². The summed E-state index contributed by atoms with van der Waals surface area (Å²) < 4.78 is 7.73. The highest BCUT2D eigenvalue weighted by Gasteiger charge is 2.13. The van der Waals surface area contributed by atoms with E-state index in [4.69, 9.17) is 10.5 Å². The van der Waals surface area contributed by atoms with E-state index in [-0.39, 0.29) is 5.41 Å². The van der Waals surface area contributed by atoms with Gasteiger partial charge in [0.1, 0.15) is 23.9 Å². The Morgan fingerprint density at radius 1 is 0.935 bits per heavy atom. The Morgan fingerprint density at radius 3 is 2.32 bits per heavy atom. The van der Waals surface area contributed by atoms with E-state index in [9.17, 15) is 0 Å². The fourth-order valence-electron chi connectivity index (χ4n) is 3.28. The highest BCUT2D eigenvalue weighted by Crippen LogP contribution is 2.23. The summed E-state index contributed by atoms with van der Waals surface area (Å²) in [5, 5.41) is 8.42. The molecule has 0 saturated heterocycles. The summed E-state index contributed by atoms with van der Waals surface area (Å²) in [4.78, 5) is 4.10. The van der Waals surface area contributed by atoms with Gasteiger partial charge in [-0.3, -0.25) is 0 Å². The third-order valence-corrected chi connectivity index (χ3v) is 5.15. The minimum absolute atomic E-state index is 0.157. The molecule has 6 heteroatoms. The molecule has 0 fully saturated rings. The average Bonchev–Trinajstić information content (AvgIpc) is 3.21. The first-order chi connectivity index (χ1) is 14.9. The molecule has 158 valence electrons. The van der Waals surface area contributed by atoms with Crippen LogP contribution in [-0.4, -0.2) is 20.0 Å². The molecule has 4 rings (SSSR count). The molecule has 31 heavy (non-hydrogen) atoms. The number of benzene rings is 2. The van der Waals surface area contributed by atoms with Crippen molar-refractivity contribution in [3.8, 4) is 17.0 Å². The Balaban J connectivity index is 1.35. The van der Waals surface area contributed by atoms with Gasteiger partial charge in [0, 0.05) is 11.8 Å². The number of rotatable bonds is 6. The zero-order chi connectivity index (χ0) is 21.8. The normalized spacial score (nSPS) is 11.5. The molecule has 6 nitrogen and oxygen atoms in total. The van der Waals surface area contributed by atoms with Gasteiger partial charge in [-0.05, 0) is 46.4 Å². The number of nitrogens with two attached hydrogens (primary N) is 1. The Kier molecular flexibility index (Phi) is 5.71. The summed E-state index contributed by atoms with van der Waals surface area (Å²) in [5.74, 6) is 1.29. The van der Waals surface area contributed by atoms with Crippen molar-refractivity contribution in [1.82, 2.24) is 20.0 Å². The molecule has 0 aliphatic rings. The van der Waals surface area contributed by atoms with Crippen LogP contribution in [0.25, 0.3) is 11.3 Å². The van der Waals surface area contributed by atoms with Gasteiger partial charge in [-0.15, -0.1) is 5.10 Å². The van der Waals surface area contributed by atoms with E-state index in [1.165, 1.54) is 5.56 Å². The number of nitrogen functional groups attached to an aromatic ring is 1. The monoisotopic (exact) mass is 413 g/mol. The molecule has 0 spiro atoms. The summed E-state index contributed by atoms with van der Waals surface area (Å²) in [6, 6.07) is 20.4. The lowest BCUT2D eigenvalue weighted by Crippen LogP contribution is -2.10. The van der Waals surface area contributed by atoms with Gasteiger partial charge in [-0.25, -0.2) is 9.67 Å². The molecule has 0 amide bonds. The Hall–Kier alpha value is -3.67. The van der Waals surface area contributed by atoms with Gasteiger partial charge in [0.15, 0.2) is 0 Å². The van der Waals surface area contributed by atoms with Crippen molar-refractivity contribution < 1.29 is 4.74 Å². The van der Waals surface area contributed by atoms with E-state index in [2.05, 4.69) is 60.3 Å². The van der Waals surface area contributed by atoms with Crippen LogP contribution in [0.15, 0.2) is 73.1 Å². The number of pyridine rings is 1. The van der Waals surface area contributed by atoms with Crippen molar-refractivity contribution in [3.05, 3.63) is 89.7 Å². The first-order valence-electron chi connectivity index (χ1n) is 10.3. The van der Waals surface area contributed by atoms with E-state index < -0.39 is 0 Å². The van der Waals surface area contributed by atoms with Gasteiger partial charge in [-0.1, -0.05) is 62.4 Å². The zero-order valence-corrected chi connectivity index (χ0v) is 18.1. The smallest absolute Gasteiger partial charge is 0.132 e. The second-order valence-electron chi connectivity index (χ2n) is 8.62. The predicted octanol–water partition coefficient (Wildman–Crippen LogP) is 4.85. The standard InChI is InChI=1S/C25H27N5O/c1-25(2,3)20-10-6-19(7-11-20)17-31-21-12-8-18(9-13-21)15-30-16-23(28-29-30)22-5-4-14-27-24(22)26/h4-14,16H,15,17H2,1-3H3,(H2,26,27). The molecule has 2 N–H and O–H groups in total. The molecule has 2 aromatic heterocycles. The molecule has 2 heterocycles. The predicted molar refractivity (Wildman–Crippen MR) is 123 cm³/mol. The van der Waals surface area contributed by atoms with Gasteiger partial charge >= 0.3 is 0 Å². The van der Waals surface area contributed by atoms with Crippen LogP contribution in [0, 0.1) is 0 Å². The number of hydrogen-bond donors (Lipinski definition) is 1. The molecular formula is C25H27N5O. The van der Waals surface area contributed by atoms with Crippen molar-refractivity contribution >= 4 is 5.82 Å². The largest absolute Gasteiger partial charge is 0.489 e. The van der Waals surface area contributed by atoms with Crippen LogP contribution in [0.1, 0.15) is 37.5 Å². The lowest BCUT2D eigenvalue weighted by atomic mass is 9.87. The van der Waals surface area contributed by atoms with Gasteiger partial charge < -0.3 is 10.5 Å². The van der Waals surface area contributed by atoms with Crippen molar-refractivity contribution in [2.75, 3.05) is 5.73 Å². The molecule has 0 aliphatic heterocycles. The highest BCUT2D eigenvalue weighted by molar-refractivity contribution is 5.69. The second-order valence-corrected chi connectivity index (χ2v) is 8.62. The Labute approximate surface area is 182 Å². The maximum Gasteiger partial charge on any atom is 0.132 e. The third-order valence-electron chi connectivity index (χ3n) is 5.15. The first-order valence-corrected chi connectivity index (χ1v) is 10.3. The quantitative estimate of drug-likeness (QED) is 0.489. The summed E-state index contributed by atoms with van der Waals surface area (Å²) in [7, 11) is 0. The Morgan fingerprint density at radius 2 is 1.65 bits per heavy atom. The fraction of sp³-hybridized carbons (Fsp3) is 0.240. The number of ether oxygens (including phenoxy) is 1. The van der Waals surface area contributed by atoms with Crippen molar-refractivity contribution in [3.63, 3.8) is 0 Å². The third kappa shape index (κ3) is 5.09. The molecule has 0 radical (unpaired) electrons. The number of hydrogen-bond acceptors (Lipinski definition) is 5. The van der Waals surface area contributed by atoms with E-state index in [1.807, 2.05) is 42.6 Å². The minimum Gasteiger partial charge on any atom is -0.489 e. The molecule has 4 aromatic rings. The van der Waals surface area contributed by atoms with Crippen molar-refractivity contribution in [2.45, 2.75) is 39.3 Å². The van der Waals surface area contributed by atoms with Gasteiger partial charge in [0.2, 0.25) is 0 Å². The van der Waals surface area contributed by atoms with Crippen molar-refractivity contribution in [1.29, 1.82) is 0 Å². The molecule has 2 aromatic carbocycles. The highest BCUT2D eigenvalue weighted by atomic mass is 16.5. The second kappa shape index (κ2) is 8.60. The molecule has 0 atom stereocenters. The molecule has 0 unspecified atom stereocenters. The Bertz CT molecular complexity index is 1140. The average molecular weight is 414 g/mol. The summed E-state index contributed by atoms with van der Waals surface area (Å²) in [5.41, 5.74) is 11.2. The number of anilines is 1. The summed E-state index contributed by atoms with van der Waals surface area (Å²) >= 11 is 0. The SMILES string of the molecule is CC(C)(C)c1ccc(COc2ccc(Cn3cc(-c4cccnc4N)nn3)cc2)cc1. The lowest BCUT2D eigenvalue weighted by Gasteiger charge is -2.19. The van der Waals surface area contributed by atoms with Crippen LogP contribution in [-0.2, 0) is 18.6 Å². The van der Waals surface area contributed by atoms with Crippen LogP contribution >= 0.6 is 0 Å². The summed E-state index contributed by atoms with van der Waals surface area (Å²) in [6.07, 6.45) is 3.53. The number of aromatic nitrogens is 4. The van der Waals surface area contributed by atoms with Crippen LogP contribution < -0.4 is 10.5 Å². The van der Waals surface area contributed by atoms with Gasteiger partial charge in [0.05, 0.1) is 12.7 Å². The summed E-state index contributed by atoms with van der Waals surface area (Å²) in [6.45, 7) is 7.81. The maximum atomic E-state index is 5.94.